The number of hydrogen-bond donors (Lipinski definition) is 0. The van der Waals surface area contributed by atoms with Crippen molar-refractivity contribution in [1.82, 2.24) is 0 Å². The smallest absolute Gasteiger partial charge is 0.306 e. The monoisotopic (exact) mass is 991 g/mol. The summed E-state index contributed by atoms with van der Waals surface area (Å²) in [5.74, 6) is -0.482. The first kappa shape index (κ1) is 67.5. The lowest BCUT2D eigenvalue weighted by Crippen LogP contribution is -2.30. The third-order valence-electron chi connectivity index (χ3n) is 11.5. The Bertz CT molecular complexity index is 1590. The molecule has 404 valence electrons. The maximum Gasteiger partial charge on any atom is 0.306 e. The Kier molecular flexibility index (Phi) is 57.0. The van der Waals surface area contributed by atoms with Gasteiger partial charge in [0.1, 0.15) is 6.61 Å². The van der Waals surface area contributed by atoms with Crippen molar-refractivity contribution in [2.24, 2.45) is 0 Å². The van der Waals surface area contributed by atoms with Gasteiger partial charge in [-0.2, -0.15) is 0 Å². The molecule has 0 aliphatic rings. The van der Waals surface area contributed by atoms with Crippen LogP contribution < -0.4 is 0 Å². The molecule has 0 aromatic rings. The number of carbonyl (C=O) groups is 2. The molecule has 1 unspecified atom stereocenters. The fraction of sp³-hybridized carbons (Fsp3) is 0.582. The number of allylic oxidation sites excluding steroid dienone is 26. The molecular weight excluding hydrogens is 885 g/mol. The van der Waals surface area contributed by atoms with Gasteiger partial charge in [0.25, 0.3) is 0 Å². The van der Waals surface area contributed by atoms with E-state index in [1.807, 2.05) is 0 Å². The second-order valence-electron chi connectivity index (χ2n) is 18.4. The Balaban J connectivity index is 4.49. The molecule has 0 heterocycles. The molecule has 0 aliphatic heterocycles. The molecule has 0 spiro atoms. The van der Waals surface area contributed by atoms with Gasteiger partial charge in [0.2, 0.25) is 0 Å². The van der Waals surface area contributed by atoms with E-state index in [1.54, 1.807) is 0 Å². The van der Waals surface area contributed by atoms with Crippen LogP contribution >= 0.6 is 0 Å². The summed E-state index contributed by atoms with van der Waals surface area (Å²) in [6.45, 7) is 7.37. The van der Waals surface area contributed by atoms with Crippen molar-refractivity contribution < 1.29 is 23.8 Å². The highest BCUT2D eigenvalue weighted by atomic mass is 16.6. The molecule has 0 amide bonds. The Hall–Kier alpha value is -4.48. The predicted octanol–water partition coefficient (Wildman–Crippen LogP) is 20.2. The predicted molar refractivity (Wildman–Crippen MR) is 315 cm³/mol. The summed E-state index contributed by atoms with van der Waals surface area (Å²) in [5, 5.41) is 0. The average Bonchev–Trinajstić information content (AvgIpc) is 3.38. The molecule has 0 aromatic heterocycles. The average molecular weight is 992 g/mol. The molecule has 72 heavy (non-hydrogen) atoms. The third kappa shape index (κ3) is 58.1. The molecule has 5 heteroatoms. The molecular formula is C67H106O5. The fourth-order valence-electron chi connectivity index (χ4n) is 7.29. The number of esters is 2. The van der Waals surface area contributed by atoms with E-state index in [0.29, 0.717) is 19.4 Å². The Morgan fingerprint density at radius 1 is 0.319 bits per heavy atom. The summed E-state index contributed by atoms with van der Waals surface area (Å²) in [6, 6.07) is 0. The number of unbranched alkanes of at least 4 members (excludes halogenated alkanes) is 14. The van der Waals surface area contributed by atoms with Gasteiger partial charge in [0, 0.05) is 19.4 Å². The van der Waals surface area contributed by atoms with Crippen molar-refractivity contribution in [3.8, 4) is 0 Å². The first-order valence-corrected chi connectivity index (χ1v) is 29.0. The van der Waals surface area contributed by atoms with Crippen molar-refractivity contribution in [1.29, 1.82) is 0 Å². The number of ether oxygens (including phenoxy) is 3. The summed E-state index contributed by atoms with van der Waals surface area (Å²) in [7, 11) is 0. The maximum atomic E-state index is 12.9. The van der Waals surface area contributed by atoms with E-state index < -0.39 is 6.10 Å². The quantitative estimate of drug-likeness (QED) is 0.0345. The van der Waals surface area contributed by atoms with Crippen molar-refractivity contribution in [3.63, 3.8) is 0 Å². The normalized spacial score (nSPS) is 13.4. The minimum absolute atomic E-state index is 0.0338. The van der Waals surface area contributed by atoms with Crippen LogP contribution in [0.25, 0.3) is 0 Å². The van der Waals surface area contributed by atoms with E-state index >= 15 is 0 Å². The van der Waals surface area contributed by atoms with Crippen LogP contribution in [0.15, 0.2) is 158 Å². The molecule has 0 bridgehead atoms. The largest absolute Gasteiger partial charge is 0.462 e. The molecule has 0 aliphatic carbocycles. The zero-order valence-electron chi connectivity index (χ0n) is 46.4. The second-order valence-corrected chi connectivity index (χ2v) is 18.4. The second kappa shape index (κ2) is 60.8. The lowest BCUT2D eigenvalue weighted by Gasteiger charge is -2.18. The Labute approximate surface area is 444 Å². The SMILES string of the molecule is CC/C=C\C/C=C\C/C=C\C/C=C\C/C=C\C/C=C\CCCOCC(COC(=O)CCCCCCCC/C=C\C/C=C\C/C=C\CCCCC)OC(=O)CCCCCC/C=C\C/C=C\C/C=C\C/C=C\CC. The highest BCUT2D eigenvalue weighted by Crippen LogP contribution is 2.12. The minimum atomic E-state index is -0.599. The van der Waals surface area contributed by atoms with Gasteiger partial charge in [-0.25, -0.2) is 0 Å². The van der Waals surface area contributed by atoms with Crippen molar-refractivity contribution in [2.75, 3.05) is 19.8 Å². The van der Waals surface area contributed by atoms with Gasteiger partial charge in [-0.05, 0) is 141 Å². The highest BCUT2D eigenvalue weighted by Gasteiger charge is 2.17. The molecule has 0 radical (unpaired) electrons. The first-order chi connectivity index (χ1) is 35.6. The van der Waals surface area contributed by atoms with Crippen LogP contribution in [0.3, 0.4) is 0 Å². The van der Waals surface area contributed by atoms with E-state index in [9.17, 15) is 9.59 Å². The topological polar surface area (TPSA) is 61.8 Å². The first-order valence-electron chi connectivity index (χ1n) is 29.0. The summed E-state index contributed by atoms with van der Waals surface area (Å²) in [6.07, 6.45) is 89.8. The number of rotatable bonds is 51. The summed E-state index contributed by atoms with van der Waals surface area (Å²) < 4.78 is 17.4. The van der Waals surface area contributed by atoms with Crippen LogP contribution in [0.1, 0.15) is 226 Å². The van der Waals surface area contributed by atoms with Gasteiger partial charge in [0.05, 0.1) is 6.61 Å². The molecule has 0 N–H and O–H groups in total. The maximum absolute atomic E-state index is 12.9. The van der Waals surface area contributed by atoms with Gasteiger partial charge in [-0.15, -0.1) is 0 Å². The summed E-state index contributed by atoms with van der Waals surface area (Å²) in [5.41, 5.74) is 0. The molecule has 0 rings (SSSR count). The lowest BCUT2D eigenvalue weighted by molar-refractivity contribution is -0.163. The van der Waals surface area contributed by atoms with Gasteiger partial charge in [-0.3, -0.25) is 9.59 Å². The van der Waals surface area contributed by atoms with E-state index in [1.165, 1.54) is 44.9 Å². The summed E-state index contributed by atoms with van der Waals surface area (Å²) in [4.78, 5) is 25.5. The standard InChI is InChI=1S/C67H106O5/c1-4-7-10-13-16-19-22-25-28-31-33-35-38-41-44-47-50-53-56-59-62-70-63-65(72-67(69)61-58-55-52-49-46-43-40-36-30-27-24-21-18-15-12-9-6-3)64-71-66(68)60-57-54-51-48-45-42-39-37-34-32-29-26-23-20-17-14-11-8-5-2/h7,9-10,12,16-21,25-30,33-35,37,40-41,43-44,50,53,65H,4-6,8,11,13-15,22-24,31-32,36,38-39,42,45-49,51-52,54-64H2,1-3H3/b10-7-,12-9-,19-16-,20-17-,21-18-,28-25-,29-26-,30-27-,35-33-,37-34-,43-40-,44-41-,53-50-. The van der Waals surface area contributed by atoms with Gasteiger partial charge in [-0.1, -0.05) is 230 Å². The van der Waals surface area contributed by atoms with Crippen LogP contribution in [0.4, 0.5) is 0 Å². The zero-order chi connectivity index (χ0) is 52.0. The van der Waals surface area contributed by atoms with E-state index in [-0.39, 0.29) is 25.2 Å². The molecule has 0 saturated heterocycles. The van der Waals surface area contributed by atoms with E-state index in [0.717, 1.165) is 148 Å². The third-order valence-corrected chi connectivity index (χ3v) is 11.5. The van der Waals surface area contributed by atoms with Crippen LogP contribution in [0.5, 0.6) is 0 Å². The molecule has 0 saturated carbocycles. The van der Waals surface area contributed by atoms with Gasteiger partial charge >= 0.3 is 11.9 Å². The van der Waals surface area contributed by atoms with Crippen molar-refractivity contribution in [3.05, 3.63) is 158 Å². The minimum Gasteiger partial charge on any atom is -0.462 e. The fourth-order valence-corrected chi connectivity index (χ4v) is 7.29. The van der Waals surface area contributed by atoms with E-state index in [2.05, 4.69) is 179 Å². The highest BCUT2D eigenvalue weighted by molar-refractivity contribution is 5.70. The van der Waals surface area contributed by atoms with E-state index in [4.69, 9.17) is 14.2 Å². The van der Waals surface area contributed by atoms with Crippen molar-refractivity contribution >= 4 is 11.9 Å². The van der Waals surface area contributed by atoms with Crippen LogP contribution in [0, 0.1) is 0 Å². The molecule has 5 nitrogen and oxygen atoms in total. The van der Waals surface area contributed by atoms with Crippen LogP contribution in [-0.4, -0.2) is 37.9 Å². The van der Waals surface area contributed by atoms with Crippen molar-refractivity contribution in [2.45, 2.75) is 232 Å². The van der Waals surface area contributed by atoms with Gasteiger partial charge < -0.3 is 14.2 Å². The number of hydrogen-bond acceptors (Lipinski definition) is 5. The number of carbonyl (C=O) groups excluding carboxylic acids is 2. The molecule has 1 atom stereocenters. The molecule has 0 fully saturated rings. The Morgan fingerprint density at radius 2 is 0.625 bits per heavy atom. The Morgan fingerprint density at radius 3 is 1.00 bits per heavy atom. The van der Waals surface area contributed by atoms with Gasteiger partial charge in [0.15, 0.2) is 6.10 Å². The lowest BCUT2D eigenvalue weighted by atomic mass is 10.1. The molecule has 0 aromatic carbocycles. The zero-order valence-corrected chi connectivity index (χ0v) is 46.4. The van der Waals surface area contributed by atoms with Crippen LogP contribution in [-0.2, 0) is 23.8 Å². The van der Waals surface area contributed by atoms with Crippen LogP contribution in [0.2, 0.25) is 0 Å². The summed E-state index contributed by atoms with van der Waals surface area (Å²) >= 11 is 0.